The molecule has 8 N–H and O–H groups in total. The molecule has 127 heavy (non-hydrogen) atoms. The fourth-order valence-corrected chi connectivity index (χ4v) is 20.5. The quantitative estimate of drug-likeness (QED) is 0.0260. The molecule has 2 saturated carbocycles. The lowest BCUT2D eigenvalue weighted by atomic mass is 9.81. The second-order valence-electron chi connectivity index (χ2n) is 37.9. The minimum absolute atomic E-state index is 0.00769. The van der Waals surface area contributed by atoms with Gasteiger partial charge in [0.05, 0.1) is 74.3 Å². The molecular formula is C96H148N4O27. The summed E-state index contributed by atoms with van der Waals surface area (Å²) in [4.78, 5) is 132. The number of esters is 2. The SMILES string of the molecule is CO[C@H]1C[C@@H](C)C/C(C)=C/[C@@H](CCOC(=O)NCc2ccc(CNC(=O)OCC[C@@H]3/C=C(\C)C[C@H](C)C[C@H](OC)C4O[C@@](O)(C(=O)C(=O)N5CCCC[C@H]5C(=O)OC(/C(C)=C/[C@@H]5CC[C@@H](O)[C@H](OC)C5)[C@H](C)[C@@H](O)CC3=O)[C@H](C)C[C@H]4OC)cc2)CC[C@H](O)[C@@H](C)C(/C(C)=C/[C@@H]2CC[C@@H](O)[C@H](OC)C2)OC(=O)[C@@H]2CCCCN2C(=O)C(=O)[C@]2(O)OC1[C@H](OC)C[C@H]2C. The summed E-state index contributed by atoms with van der Waals surface area (Å²) in [6.07, 6.45) is 3.16. The van der Waals surface area contributed by atoms with E-state index < -0.39 is 193 Å². The number of carbonyl (C=O) groups is 9. The van der Waals surface area contributed by atoms with Crippen molar-refractivity contribution in [2.75, 3.05) is 69.0 Å². The molecule has 4 unspecified atom stereocenters. The first-order valence-corrected chi connectivity index (χ1v) is 46.3. The van der Waals surface area contributed by atoms with Gasteiger partial charge >= 0.3 is 24.1 Å². The van der Waals surface area contributed by atoms with Gasteiger partial charge in [0.25, 0.3) is 23.4 Å². The number of nitrogens with zero attached hydrogens (tertiary/aromatic N) is 2. The molecule has 0 aromatic heterocycles. The van der Waals surface area contributed by atoms with Crippen molar-refractivity contribution in [3.63, 3.8) is 0 Å². The predicted octanol–water partition coefficient (Wildman–Crippen LogP) is 9.89. The van der Waals surface area contributed by atoms with Crippen molar-refractivity contribution in [1.29, 1.82) is 0 Å². The molecule has 8 aliphatic rings. The van der Waals surface area contributed by atoms with E-state index >= 15 is 0 Å². The monoisotopic (exact) mass is 1790 g/mol. The molecule has 1 aromatic carbocycles. The Kier molecular flexibility index (Phi) is 39.6. The van der Waals surface area contributed by atoms with Crippen LogP contribution in [-0.4, -0.2) is 272 Å². The lowest BCUT2D eigenvalue weighted by Crippen LogP contribution is -2.64. The van der Waals surface area contributed by atoms with Gasteiger partial charge in [-0.15, -0.1) is 0 Å². The van der Waals surface area contributed by atoms with Crippen molar-refractivity contribution >= 4 is 53.3 Å². The number of allylic oxidation sites excluding steroid dienone is 6. The summed E-state index contributed by atoms with van der Waals surface area (Å²) in [7, 11) is 9.09. The van der Waals surface area contributed by atoms with Gasteiger partial charge in [-0.3, -0.25) is 24.0 Å². The highest BCUT2D eigenvalue weighted by Gasteiger charge is 2.59. The number of cyclic esters (lactones) is 2. The molecule has 9 rings (SSSR count). The number of hydrogen-bond donors (Lipinski definition) is 8. The molecule has 714 valence electrons. The number of ketones is 3. The summed E-state index contributed by atoms with van der Waals surface area (Å²) in [5.41, 5.74) is 4.44. The van der Waals surface area contributed by atoms with Crippen LogP contribution in [0.4, 0.5) is 9.59 Å². The first-order valence-electron chi connectivity index (χ1n) is 46.3. The summed E-state index contributed by atoms with van der Waals surface area (Å²) < 4.78 is 72.3. The van der Waals surface area contributed by atoms with E-state index in [0.717, 1.165) is 21.6 Å². The van der Waals surface area contributed by atoms with Gasteiger partial charge in [0.1, 0.15) is 42.3 Å². The van der Waals surface area contributed by atoms with Crippen LogP contribution in [0.25, 0.3) is 0 Å². The van der Waals surface area contributed by atoms with Crippen LogP contribution < -0.4 is 10.6 Å². The lowest BCUT2D eigenvalue weighted by molar-refractivity contribution is -0.302. The first-order chi connectivity index (χ1) is 60.4. The van der Waals surface area contributed by atoms with E-state index in [0.29, 0.717) is 119 Å². The molecule has 4 bridgehead atoms. The Bertz CT molecular complexity index is 3950. The van der Waals surface area contributed by atoms with E-state index in [9.17, 15) is 73.8 Å². The molecule has 0 radical (unpaired) electrons. The number of carbonyl (C=O) groups excluding carboxylic acids is 9. The van der Waals surface area contributed by atoms with E-state index in [-0.39, 0.29) is 113 Å². The maximum atomic E-state index is 14.9. The third-order valence-electron chi connectivity index (χ3n) is 28.2. The van der Waals surface area contributed by atoms with Gasteiger partial charge in [-0.2, -0.15) is 0 Å². The van der Waals surface area contributed by atoms with Gasteiger partial charge in [0.15, 0.2) is 0 Å². The van der Waals surface area contributed by atoms with Crippen LogP contribution in [0.15, 0.2) is 70.9 Å². The number of aliphatic hydroxyl groups excluding tert-OH is 4. The second-order valence-corrected chi connectivity index (χ2v) is 37.9. The average Bonchev–Trinajstić information content (AvgIpc) is 0.854. The Labute approximate surface area is 750 Å². The second kappa shape index (κ2) is 48.4. The Morgan fingerprint density at radius 1 is 0.472 bits per heavy atom. The maximum Gasteiger partial charge on any atom is 0.407 e. The van der Waals surface area contributed by atoms with Crippen molar-refractivity contribution in [1.82, 2.24) is 20.4 Å². The van der Waals surface area contributed by atoms with E-state index in [1.54, 1.807) is 65.1 Å². The van der Waals surface area contributed by atoms with E-state index in [4.69, 9.17) is 56.8 Å². The van der Waals surface area contributed by atoms with E-state index in [1.807, 2.05) is 46.8 Å². The molecule has 28 atom stereocenters. The van der Waals surface area contributed by atoms with Gasteiger partial charge in [0, 0.05) is 105 Å². The van der Waals surface area contributed by atoms with Crippen LogP contribution in [0.3, 0.4) is 0 Å². The fourth-order valence-electron chi connectivity index (χ4n) is 20.5. The number of piperidine rings is 2. The highest BCUT2D eigenvalue weighted by atomic mass is 16.7. The summed E-state index contributed by atoms with van der Waals surface area (Å²) in [5.74, 6) is -16.7. The highest BCUT2D eigenvalue weighted by Crippen LogP contribution is 2.43. The standard InChI is InChI=1S/C96H148N4O27/c1-54-39-56(3)43-79(118-13)85-81(120-15)47-60(7)95(114,126-85)87(106)89(108)99-35-19-17-21-70(99)91(110)124-83(58(5)45-67-28-31-73(102)77(49-67)116-11)62(9)72(101)30-27-64(41-54)33-37-122-93(112)97-52-65-23-25-66(26-24-65)53-98-94(113)123-38-34-69-42-55(2)40-57(4)44-80(119-14)86-82(121-16)48-61(8)96(115,127-86)88(107)90(109)100-36-20-18-22-71(100)92(111)125-84(63(10)75(104)51-76(69)105)59(6)46-68-29-32-74(103)78(50-68)117-12/h23-26,41-42,45-46,56-57,60-64,67-75,77-86,101-104,114-115H,17-22,27-40,43-44,47-53H2,1-16H3,(H,97,112)(H,98,113)/b54-41+,55-42+,58-45+,59-46+/t56-,57-,60+,61+,62+,63+,64+,67-,68-,69+,70-,71-,72-,73+,74+,75-,77+,78+,79-,80-,81+,82+,83?,84?,85?,86?,95+,96+/m0/s1. The van der Waals surface area contributed by atoms with Crippen LogP contribution in [-0.2, 0) is 103 Å². The molecule has 31 heteroatoms. The van der Waals surface area contributed by atoms with Gasteiger partial charge < -0.3 is 108 Å². The molecule has 4 saturated heterocycles. The van der Waals surface area contributed by atoms with Crippen LogP contribution in [0.1, 0.15) is 228 Å². The highest BCUT2D eigenvalue weighted by molar-refractivity contribution is 6.39. The number of Topliss-reactive ketones (excluding diaryl/α,β-unsaturated/α-hetero) is 3. The number of methoxy groups -OCH3 is 6. The predicted molar refractivity (Wildman–Crippen MR) is 467 cm³/mol. The van der Waals surface area contributed by atoms with E-state index in [1.165, 1.54) is 40.4 Å². The van der Waals surface area contributed by atoms with Crippen LogP contribution >= 0.6 is 0 Å². The normalized spacial score (nSPS) is 38.0. The minimum atomic E-state index is -2.62. The zero-order valence-corrected chi connectivity index (χ0v) is 77.8. The largest absolute Gasteiger partial charge is 0.456 e. The molecule has 31 nitrogen and oxygen atoms in total. The molecule has 2 aliphatic carbocycles. The zero-order chi connectivity index (χ0) is 92.9. The maximum absolute atomic E-state index is 14.9. The number of benzene rings is 1. The molecule has 1 aromatic rings. The van der Waals surface area contributed by atoms with Crippen molar-refractivity contribution in [2.24, 2.45) is 59.2 Å². The van der Waals surface area contributed by atoms with Gasteiger partial charge in [-0.1, -0.05) is 101 Å². The Morgan fingerprint density at radius 3 is 1.28 bits per heavy atom. The van der Waals surface area contributed by atoms with Gasteiger partial charge in [-0.25, -0.2) is 19.2 Å². The number of nitrogens with one attached hydrogen (secondary N) is 2. The smallest absolute Gasteiger partial charge is 0.407 e. The number of amides is 4. The molecule has 4 amide bonds. The molecule has 6 heterocycles. The molecule has 6 fully saturated rings. The van der Waals surface area contributed by atoms with Crippen molar-refractivity contribution in [2.45, 2.75) is 339 Å². The number of ether oxygens (including phenoxy) is 12. The fraction of sp³-hybridized carbons (Fsp3) is 0.760. The van der Waals surface area contributed by atoms with Gasteiger partial charge in [-0.05, 0) is 221 Å². The number of fused-ring (bicyclic) bond motifs is 6. The zero-order valence-electron chi connectivity index (χ0n) is 77.8. The Balaban J connectivity index is 0.852. The van der Waals surface area contributed by atoms with Crippen LogP contribution in [0, 0.1) is 59.2 Å². The summed E-state index contributed by atoms with van der Waals surface area (Å²) in [6.45, 7) is 18.2. The van der Waals surface area contributed by atoms with Crippen molar-refractivity contribution in [3.8, 4) is 0 Å². The number of hydrogen-bond acceptors (Lipinski definition) is 27. The molecule has 0 spiro atoms. The molecular weight excluding hydrogens is 1640 g/mol. The molecule has 6 aliphatic heterocycles. The first kappa shape index (κ1) is 104. The van der Waals surface area contributed by atoms with Crippen molar-refractivity contribution < 1.29 is 131 Å². The summed E-state index contributed by atoms with van der Waals surface area (Å²) in [6, 6.07) is 4.72. The lowest BCUT2D eigenvalue weighted by Gasteiger charge is -2.47. The Hall–Kier alpha value is -6.95. The van der Waals surface area contributed by atoms with E-state index in [2.05, 4.69) is 23.6 Å². The number of aliphatic hydroxyl groups is 6. The summed E-state index contributed by atoms with van der Waals surface area (Å²) in [5, 5.41) is 76.3. The van der Waals surface area contributed by atoms with Crippen LogP contribution in [0.5, 0.6) is 0 Å². The number of rotatable bonds is 20. The Morgan fingerprint density at radius 2 is 0.858 bits per heavy atom. The third-order valence-corrected chi connectivity index (χ3v) is 28.2. The minimum Gasteiger partial charge on any atom is -0.456 e. The number of alkyl carbamates (subject to hydrolysis) is 2. The topological polar surface area (TPSA) is 416 Å². The summed E-state index contributed by atoms with van der Waals surface area (Å²) >= 11 is 0. The van der Waals surface area contributed by atoms with Gasteiger partial charge in [0.2, 0.25) is 11.6 Å². The third kappa shape index (κ3) is 27.4. The average molecular weight is 1790 g/mol. The van der Waals surface area contributed by atoms with Crippen LogP contribution in [0.2, 0.25) is 0 Å². The van der Waals surface area contributed by atoms with Crippen molar-refractivity contribution in [3.05, 3.63) is 82.0 Å².